The Morgan fingerprint density at radius 3 is 1.13 bits per heavy atom. The number of nitrogens with zero attached hydrogens (tertiary/aromatic N) is 1. The molecule has 75 heteroatoms. The van der Waals surface area contributed by atoms with Crippen molar-refractivity contribution in [3.05, 3.63) is 124 Å². The molecule has 110 heavy (non-hydrogen) atoms. The van der Waals surface area contributed by atoms with Gasteiger partial charge in [0.1, 0.15) is 18.2 Å². The van der Waals surface area contributed by atoms with Crippen LogP contribution in [0, 0.1) is 12.7 Å². The molecule has 5 aromatic rings. The summed E-state index contributed by atoms with van der Waals surface area (Å²) in [5, 5.41) is 1.17. The minimum atomic E-state index is -1.68. The minimum absolute atomic E-state index is 0.0284. The molecular formula is C35H33B69FN2O3. The van der Waals surface area contributed by atoms with E-state index in [1.54, 1.807) is 26.4 Å². The Bertz CT molecular complexity index is 3410. The Morgan fingerprint density at radius 1 is 0.418 bits per heavy atom. The Hall–Kier alpha value is 0.191. The van der Waals surface area contributed by atoms with Crippen molar-refractivity contribution in [2.75, 3.05) is 20.8 Å². The maximum atomic E-state index is 14.0. The first kappa shape index (κ1) is 99.0. The van der Waals surface area contributed by atoms with Gasteiger partial charge >= 0.3 is 0 Å². The molecule has 2 unspecified atom stereocenters. The number of fused-ring (bicyclic) bond motifs is 6. The molecule has 415 valence electrons. The molecule has 3 heterocycles. The van der Waals surface area contributed by atoms with E-state index in [-0.39, 0.29) is 17.9 Å². The molecule has 4 aromatic carbocycles. The van der Waals surface area contributed by atoms with Crippen LogP contribution in [-0.2, 0) is 19.4 Å². The van der Waals surface area contributed by atoms with Crippen LogP contribution in [0.2, 0.25) is 0 Å². The third-order valence-electron chi connectivity index (χ3n) is 23.1. The van der Waals surface area contributed by atoms with Crippen LogP contribution in [0.4, 0.5) is 4.39 Å². The van der Waals surface area contributed by atoms with Crippen molar-refractivity contribution in [3.63, 3.8) is 0 Å². The van der Waals surface area contributed by atoms with Crippen LogP contribution >= 0.6 is 0 Å². The summed E-state index contributed by atoms with van der Waals surface area (Å²) < 4.78 is 31.7. The Labute approximate surface area is 721 Å². The van der Waals surface area contributed by atoms with Crippen LogP contribution in [0.1, 0.15) is 51.2 Å². The number of hydrogen-bond acceptors (Lipinski definition) is 4. The minimum Gasteiger partial charge on any atom is -0.497 e. The van der Waals surface area contributed by atoms with E-state index in [0.29, 0.717) is 6.61 Å². The molecule has 2 atom stereocenters. The lowest BCUT2D eigenvalue weighted by Gasteiger charge is -2.60. The van der Waals surface area contributed by atoms with Crippen LogP contribution in [0.5, 0.6) is 17.2 Å². The first-order valence-electron chi connectivity index (χ1n) is 36.8. The van der Waals surface area contributed by atoms with E-state index < -0.39 is 211 Å². The number of H-pyrrole nitrogens is 1. The fraction of sp³-hybridized carbons (Fsp3) is 0.257. The summed E-state index contributed by atoms with van der Waals surface area (Å²) in [6.07, 6.45) is -48.5. The highest BCUT2D eigenvalue weighted by molar-refractivity contribution is 8.39. The smallest absolute Gasteiger partial charge is 0.161 e. The van der Waals surface area contributed by atoms with Gasteiger partial charge in [0.05, 0.1) is 20.3 Å². The molecule has 71 radical (unpaired) electrons. The van der Waals surface area contributed by atoms with Crippen LogP contribution in [0.25, 0.3) is 10.9 Å². The number of rotatable bonds is 39. The van der Waals surface area contributed by atoms with E-state index in [0.717, 1.165) is 60.3 Å². The Balaban J connectivity index is 0.000000384. The van der Waals surface area contributed by atoms with Gasteiger partial charge in [0.2, 0.25) is 0 Å². The predicted octanol–water partition coefficient (Wildman–Crippen LogP) is -18.8. The summed E-state index contributed by atoms with van der Waals surface area (Å²) in [4.78, 5) is 6.27. The molecule has 0 saturated heterocycles. The van der Waals surface area contributed by atoms with E-state index in [1.165, 1.54) is 33.3 Å². The molecule has 1 N–H and O–H groups in total. The quantitative estimate of drug-likeness (QED) is 0.0398. The van der Waals surface area contributed by atoms with Crippen LogP contribution in [0.3, 0.4) is 0 Å². The summed E-state index contributed by atoms with van der Waals surface area (Å²) in [6, 6.07) is 26.0. The SMILES string of the molecule is COc1ccc2[nH]c3c(c2c1)CC1c2cc(OC)c(OCc4ccc(C)cc4)cc2CCN1C3c1ccc(F)cc1.[B][B]B(B([B])[B])B(B(B([B])[B])B([B])[B])B(B(B([B])[B])B([B])[B])B(B(B(B([B])[B])B([B])[B])B(B([B])[B])B([B])[B])B(B(B(B([B])[B])B([B])[B])B(B([B])[B])B([B])[B])B(B(B([B])[B])B([B])[B])B(B([B])[B])B([B])[B]. The summed E-state index contributed by atoms with van der Waals surface area (Å²) in [5.41, 5.74) is 9.50. The van der Waals surface area contributed by atoms with E-state index in [4.69, 9.17) is 285 Å². The summed E-state index contributed by atoms with van der Waals surface area (Å²) in [7, 11) is 240. The Kier molecular flexibility index (Phi) is 40.2. The number of aromatic amines is 1. The monoisotopic (exact) mass is 1310 g/mol. The van der Waals surface area contributed by atoms with E-state index >= 15 is 0 Å². The highest BCUT2D eigenvalue weighted by Gasteiger charge is 2.64. The molecule has 0 spiro atoms. The molecule has 7 rings (SSSR count). The second kappa shape index (κ2) is 44.6. The van der Waals surface area contributed by atoms with Gasteiger partial charge in [-0.2, -0.15) is 0 Å². The van der Waals surface area contributed by atoms with Gasteiger partial charge in [-0.3, -0.25) is 4.90 Å². The standard InChI is InChI=1S/C35H33FN2O3.B69/c1-21-4-6-22(7-5-21)20-41-33-16-24-14-15-38-31(27(24)19-32(33)40-3)18-29-28-17-26(39-2)12-13-30(28)37-34(29)35(38)23-8-10-25(36)11-9-23;1-36-54(37(2)3)63(55(38(4)5)39(6)7)67(62(52(32)33)53(34)35)69(66(60(48(24)25)49(26)27)61(50(28)29)51(30)31)68(64(56(40(8)9)41(10)11)57(42(12)13)43(14)15)65(58(44(16)17)45(18)19)59(46(20)21)47(22)23/h4-13,16-17,19,31,35,37H,14-15,18,20H2,1-3H3;. The van der Waals surface area contributed by atoms with E-state index in [9.17, 15) is 4.39 Å². The zero-order valence-electron chi connectivity index (χ0n) is 63.4. The Morgan fingerprint density at radius 2 is 0.782 bits per heavy atom. The van der Waals surface area contributed by atoms with Gasteiger partial charge in [-0.15, -0.1) is 0 Å². The van der Waals surface area contributed by atoms with E-state index in [1.807, 2.05) is 18.2 Å². The number of halogens is 1. The number of benzene rings is 4. The molecule has 0 saturated carbocycles. The molecule has 0 bridgehead atoms. The number of aromatic nitrogens is 1. The maximum absolute atomic E-state index is 14.0. The third-order valence-corrected chi connectivity index (χ3v) is 23.1. The largest absolute Gasteiger partial charge is 0.497 e. The van der Waals surface area contributed by atoms with Gasteiger partial charge in [0, 0.05) is 518 Å². The average molecular weight is 1290 g/mol. The maximum Gasteiger partial charge on any atom is 0.161 e. The number of aryl methyl sites for hydroxylation is 1. The molecule has 0 amide bonds. The average Bonchev–Trinajstić information content (AvgIpc) is 1.54. The topological polar surface area (TPSA) is 46.7 Å². The van der Waals surface area contributed by atoms with Gasteiger partial charge in [-0.05, 0) is 90.0 Å². The molecule has 2 aliphatic heterocycles. The molecular weight excluding hydrogens is 1260 g/mol. The van der Waals surface area contributed by atoms with Crippen LogP contribution in [-0.4, -0.2) is 519 Å². The van der Waals surface area contributed by atoms with Gasteiger partial charge in [0.15, 0.2) is 11.5 Å². The first-order valence-corrected chi connectivity index (χ1v) is 36.8. The number of methoxy groups -OCH3 is 2. The van der Waals surface area contributed by atoms with Crippen molar-refractivity contribution >= 4 is 499 Å². The van der Waals surface area contributed by atoms with E-state index in [2.05, 4.69) is 65.3 Å². The highest BCUT2D eigenvalue weighted by atomic mass is 19.1. The van der Waals surface area contributed by atoms with Crippen LogP contribution < -0.4 is 14.2 Å². The summed E-state index contributed by atoms with van der Waals surface area (Å²) in [6.45, 7) is 3.45. The molecule has 1 aromatic heterocycles. The van der Waals surface area contributed by atoms with Crippen molar-refractivity contribution < 1.29 is 18.6 Å². The molecule has 0 aliphatic carbocycles. The molecule has 0 fully saturated rings. The van der Waals surface area contributed by atoms with Crippen molar-refractivity contribution in [2.24, 2.45) is 0 Å². The zero-order valence-corrected chi connectivity index (χ0v) is 63.4. The van der Waals surface area contributed by atoms with Crippen molar-refractivity contribution in [2.45, 2.75) is 38.5 Å². The summed E-state index contributed by atoms with van der Waals surface area (Å²) >= 11 is 0. The van der Waals surface area contributed by atoms with Gasteiger partial charge in [-0.1, -0.05) is 42.0 Å². The number of hydrogen-bond donors (Lipinski definition) is 1. The lowest BCUT2D eigenvalue weighted by Crippen LogP contribution is -2.98. The predicted molar refractivity (Wildman–Crippen MR) is 555 cm³/mol. The van der Waals surface area contributed by atoms with Crippen molar-refractivity contribution in [3.8, 4) is 17.2 Å². The number of ether oxygens (including phenoxy) is 3. The van der Waals surface area contributed by atoms with Gasteiger partial charge in [0.25, 0.3) is 0 Å². The van der Waals surface area contributed by atoms with Gasteiger partial charge in [-0.25, -0.2) is 4.39 Å². The van der Waals surface area contributed by atoms with Crippen molar-refractivity contribution in [1.29, 1.82) is 0 Å². The molecule has 5 nitrogen and oxygen atoms in total. The second-order valence-electron chi connectivity index (χ2n) is 30.3. The zero-order chi connectivity index (χ0) is 82.8. The van der Waals surface area contributed by atoms with Crippen LogP contribution in [0.15, 0.2) is 78.9 Å². The lowest BCUT2D eigenvalue weighted by atomic mass is 8.21. The second-order valence-corrected chi connectivity index (χ2v) is 30.3. The fourth-order valence-corrected chi connectivity index (χ4v) is 18.6. The fourth-order valence-electron chi connectivity index (χ4n) is 18.6. The summed E-state index contributed by atoms with van der Waals surface area (Å²) in [5.74, 6) is 2.11. The third kappa shape index (κ3) is 23.7. The molecule has 2 aliphatic rings. The first-order chi connectivity index (χ1) is 51.4. The van der Waals surface area contributed by atoms with Crippen molar-refractivity contribution in [1.82, 2.24) is 9.88 Å². The number of nitrogens with one attached hydrogen (secondary N) is 1. The highest BCUT2D eigenvalue weighted by Crippen LogP contribution is 2.50. The lowest BCUT2D eigenvalue weighted by molar-refractivity contribution is 0.127. The normalized spacial score (nSPS) is 12.8. The van der Waals surface area contributed by atoms with Gasteiger partial charge < -0.3 is 19.2 Å².